The highest BCUT2D eigenvalue weighted by Crippen LogP contribution is 2.24. The second kappa shape index (κ2) is 6.89. The lowest BCUT2D eigenvalue weighted by Crippen LogP contribution is -2.28. The summed E-state index contributed by atoms with van der Waals surface area (Å²) in [5.41, 5.74) is 7.74. The minimum absolute atomic E-state index is 0.119. The van der Waals surface area contributed by atoms with Crippen LogP contribution in [-0.4, -0.2) is 0 Å². The van der Waals surface area contributed by atoms with Crippen molar-refractivity contribution in [2.24, 2.45) is 5.84 Å². The fraction of sp³-hybridized carbons (Fsp3) is 0.294. The zero-order chi connectivity index (χ0) is 14.5. The molecule has 0 aromatic heterocycles. The van der Waals surface area contributed by atoms with Gasteiger partial charge in [-0.1, -0.05) is 53.6 Å². The van der Waals surface area contributed by atoms with Crippen LogP contribution in [0.15, 0.2) is 42.5 Å². The van der Waals surface area contributed by atoms with Crippen molar-refractivity contribution in [1.29, 1.82) is 0 Å². The quantitative estimate of drug-likeness (QED) is 0.642. The van der Waals surface area contributed by atoms with E-state index in [2.05, 4.69) is 42.7 Å². The first kappa shape index (κ1) is 15.0. The van der Waals surface area contributed by atoms with Gasteiger partial charge in [-0.3, -0.25) is 11.3 Å². The zero-order valence-electron chi connectivity index (χ0n) is 12.0. The second-order valence-corrected chi connectivity index (χ2v) is 5.66. The van der Waals surface area contributed by atoms with Gasteiger partial charge in [0.15, 0.2) is 0 Å². The van der Waals surface area contributed by atoms with Gasteiger partial charge in [-0.25, -0.2) is 0 Å². The van der Waals surface area contributed by atoms with Crippen LogP contribution >= 0.6 is 11.6 Å². The van der Waals surface area contributed by atoms with Gasteiger partial charge in [0.2, 0.25) is 0 Å². The molecule has 0 saturated heterocycles. The number of hydrogen-bond donors (Lipinski definition) is 2. The summed E-state index contributed by atoms with van der Waals surface area (Å²) in [5.74, 6) is 5.69. The minimum Gasteiger partial charge on any atom is -0.271 e. The lowest BCUT2D eigenvalue weighted by Gasteiger charge is -2.17. The number of nitrogens with one attached hydrogen (secondary N) is 1. The van der Waals surface area contributed by atoms with E-state index < -0.39 is 0 Å². The molecule has 20 heavy (non-hydrogen) atoms. The third-order valence-corrected chi connectivity index (χ3v) is 4.01. The van der Waals surface area contributed by atoms with E-state index in [0.717, 1.165) is 29.0 Å². The molecule has 0 aliphatic rings. The van der Waals surface area contributed by atoms with Crippen LogP contribution in [0, 0.1) is 13.8 Å². The summed E-state index contributed by atoms with van der Waals surface area (Å²) < 4.78 is 0. The summed E-state index contributed by atoms with van der Waals surface area (Å²) in [6.45, 7) is 4.12. The van der Waals surface area contributed by atoms with Crippen LogP contribution in [-0.2, 0) is 6.42 Å². The van der Waals surface area contributed by atoms with Gasteiger partial charge in [0.05, 0.1) is 0 Å². The Hall–Kier alpha value is -1.35. The van der Waals surface area contributed by atoms with Gasteiger partial charge in [-0.05, 0) is 49.4 Å². The Morgan fingerprint density at radius 3 is 2.60 bits per heavy atom. The molecule has 3 heteroatoms. The lowest BCUT2D eigenvalue weighted by atomic mass is 9.98. The highest BCUT2D eigenvalue weighted by atomic mass is 35.5. The summed E-state index contributed by atoms with van der Waals surface area (Å²) >= 11 is 6.18. The molecule has 0 saturated carbocycles. The number of rotatable bonds is 5. The molecule has 2 rings (SSSR count). The standard InChI is InChI=1S/C17H21ClN2/c1-12-4-3-5-14(10-12)7-9-17(20-19)15-8-6-13(2)16(18)11-15/h3-6,8,10-11,17,20H,7,9,19H2,1-2H3. The normalized spacial score (nSPS) is 12.4. The Balaban J connectivity index is 2.07. The molecule has 0 spiro atoms. The highest BCUT2D eigenvalue weighted by molar-refractivity contribution is 6.31. The number of hydrazine groups is 1. The molecule has 0 aliphatic carbocycles. The van der Waals surface area contributed by atoms with Gasteiger partial charge in [-0.15, -0.1) is 0 Å². The fourth-order valence-electron chi connectivity index (χ4n) is 2.35. The first-order valence-electron chi connectivity index (χ1n) is 6.88. The van der Waals surface area contributed by atoms with Gasteiger partial charge in [0.1, 0.15) is 0 Å². The minimum atomic E-state index is 0.119. The molecule has 2 aromatic rings. The molecule has 0 amide bonds. The molecular formula is C17H21ClN2. The van der Waals surface area contributed by atoms with E-state index in [9.17, 15) is 0 Å². The third kappa shape index (κ3) is 3.83. The molecular weight excluding hydrogens is 268 g/mol. The highest BCUT2D eigenvalue weighted by Gasteiger charge is 2.11. The SMILES string of the molecule is Cc1cccc(CCC(NN)c2ccc(C)c(Cl)c2)c1. The summed E-state index contributed by atoms with van der Waals surface area (Å²) in [6, 6.07) is 14.8. The van der Waals surface area contributed by atoms with Crippen molar-refractivity contribution in [3.63, 3.8) is 0 Å². The molecule has 2 nitrogen and oxygen atoms in total. The number of halogens is 1. The molecule has 3 N–H and O–H groups in total. The van der Waals surface area contributed by atoms with Crippen molar-refractivity contribution in [2.45, 2.75) is 32.7 Å². The van der Waals surface area contributed by atoms with Crippen molar-refractivity contribution >= 4 is 11.6 Å². The molecule has 1 atom stereocenters. The van der Waals surface area contributed by atoms with Gasteiger partial charge >= 0.3 is 0 Å². The van der Waals surface area contributed by atoms with Crippen LogP contribution in [0.2, 0.25) is 5.02 Å². The molecule has 106 valence electrons. The predicted molar refractivity (Wildman–Crippen MR) is 85.8 cm³/mol. The molecule has 1 unspecified atom stereocenters. The lowest BCUT2D eigenvalue weighted by molar-refractivity contribution is 0.516. The van der Waals surface area contributed by atoms with E-state index >= 15 is 0 Å². The van der Waals surface area contributed by atoms with E-state index in [1.165, 1.54) is 11.1 Å². The van der Waals surface area contributed by atoms with E-state index in [-0.39, 0.29) is 6.04 Å². The third-order valence-electron chi connectivity index (χ3n) is 3.60. The summed E-state index contributed by atoms with van der Waals surface area (Å²) in [6.07, 6.45) is 1.93. The Labute approximate surface area is 125 Å². The van der Waals surface area contributed by atoms with Crippen LogP contribution in [0.25, 0.3) is 0 Å². The summed E-state index contributed by atoms with van der Waals surface area (Å²) in [5, 5.41) is 0.790. The first-order chi connectivity index (χ1) is 9.60. The number of nitrogens with two attached hydrogens (primary N) is 1. The Bertz CT molecular complexity index is 581. The molecule has 0 radical (unpaired) electrons. The van der Waals surface area contributed by atoms with E-state index in [4.69, 9.17) is 17.4 Å². The Kier molecular flexibility index (Phi) is 5.18. The van der Waals surface area contributed by atoms with Gasteiger partial charge < -0.3 is 0 Å². The summed E-state index contributed by atoms with van der Waals surface area (Å²) in [7, 11) is 0. The molecule has 0 fully saturated rings. The molecule has 2 aromatic carbocycles. The monoisotopic (exact) mass is 288 g/mol. The molecule has 0 bridgehead atoms. The Morgan fingerprint density at radius 1 is 1.15 bits per heavy atom. The van der Waals surface area contributed by atoms with E-state index in [0.29, 0.717) is 0 Å². The van der Waals surface area contributed by atoms with Crippen LogP contribution in [0.4, 0.5) is 0 Å². The van der Waals surface area contributed by atoms with Crippen molar-refractivity contribution in [3.8, 4) is 0 Å². The predicted octanol–water partition coefficient (Wildman–Crippen LogP) is 4.09. The van der Waals surface area contributed by atoms with Crippen LogP contribution < -0.4 is 11.3 Å². The van der Waals surface area contributed by atoms with E-state index in [1.54, 1.807) is 0 Å². The van der Waals surface area contributed by atoms with Crippen molar-refractivity contribution in [3.05, 3.63) is 69.7 Å². The van der Waals surface area contributed by atoms with E-state index in [1.807, 2.05) is 19.1 Å². The average Bonchev–Trinajstić information content (AvgIpc) is 2.43. The zero-order valence-corrected chi connectivity index (χ0v) is 12.7. The topological polar surface area (TPSA) is 38.0 Å². The second-order valence-electron chi connectivity index (χ2n) is 5.26. The van der Waals surface area contributed by atoms with Crippen LogP contribution in [0.3, 0.4) is 0 Å². The smallest absolute Gasteiger partial charge is 0.0463 e. The van der Waals surface area contributed by atoms with Crippen molar-refractivity contribution in [2.75, 3.05) is 0 Å². The number of hydrogen-bond acceptors (Lipinski definition) is 2. The maximum Gasteiger partial charge on any atom is 0.0463 e. The fourth-order valence-corrected chi connectivity index (χ4v) is 2.54. The first-order valence-corrected chi connectivity index (χ1v) is 7.25. The van der Waals surface area contributed by atoms with Crippen LogP contribution in [0.5, 0.6) is 0 Å². The maximum atomic E-state index is 6.18. The largest absolute Gasteiger partial charge is 0.271 e. The average molecular weight is 289 g/mol. The van der Waals surface area contributed by atoms with Crippen molar-refractivity contribution in [1.82, 2.24) is 5.43 Å². The van der Waals surface area contributed by atoms with Gasteiger partial charge in [0, 0.05) is 11.1 Å². The van der Waals surface area contributed by atoms with Gasteiger partial charge in [-0.2, -0.15) is 0 Å². The van der Waals surface area contributed by atoms with Crippen LogP contribution in [0.1, 0.15) is 34.7 Å². The number of benzene rings is 2. The number of aryl methyl sites for hydroxylation is 3. The summed E-state index contributed by atoms with van der Waals surface area (Å²) in [4.78, 5) is 0. The van der Waals surface area contributed by atoms with Crippen molar-refractivity contribution < 1.29 is 0 Å². The Morgan fingerprint density at radius 2 is 1.95 bits per heavy atom. The molecule has 0 aliphatic heterocycles. The maximum absolute atomic E-state index is 6.18. The molecule has 0 heterocycles. The van der Waals surface area contributed by atoms with Gasteiger partial charge in [0.25, 0.3) is 0 Å².